The Balaban J connectivity index is 1.78. The van der Waals surface area contributed by atoms with Gasteiger partial charge < -0.3 is 5.32 Å². The molecule has 1 aliphatic carbocycles. The number of Topliss-reactive ketones (excluding diaryl/α,β-unsaturated/α-hetero) is 1. The summed E-state index contributed by atoms with van der Waals surface area (Å²) in [6.45, 7) is 1.50. The number of hydrogen-bond acceptors (Lipinski definition) is 2. The van der Waals surface area contributed by atoms with Crippen molar-refractivity contribution in [1.29, 1.82) is 0 Å². The van der Waals surface area contributed by atoms with Gasteiger partial charge >= 0.3 is 0 Å². The minimum absolute atomic E-state index is 0.121. The Labute approximate surface area is 123 Å². The lowest BCUT2D eigenvalue weighted by Gasteiger charge is -2.40. The lowest BCUT2D eigenvalue weighted by atomic mass is 9.77. The van der Waals surface area contributed by atoms with Crippen LogP contribution in [0.4, 0.5) is 8.78 Å². The minimum Gasteiger partial charge on any atom is -0.304 e. The number of carbonyl (C=O) groups is 1. The Kier molecular flexibility index (Phi) is 4.07. The lowest BCUT2D eigenvalue weighted by molar-refractivity contribution is 0.0856. The van der Waals surface area contributed by atoms with Gasteiger partial charge in [-0.1, -0.05) is 18.9 Å². The number of carbonyl (C=O) groups excluding carboxylic acids is 1. The highest BCUT2D eigenvalue weighted by Gasteiger charge is 2.35. The molecule has 0 bridgehead atoms. The van der Waals surface area contributed by atoms with Crippen LogP contribution in [0.3, 0.4) is 0 Å². The molecule has 0 radical (unpaired) electrons. The van der Waals surface area contributed by atoms with Crippen molar-refractivity contribution in [2.24, 2.45) is 5.92 Å². The summed E-state index contributed by atoms with van der Waals surface area (Å²) in [7, 11) is 0. The van der Waals surface area contributed by atoms with Crippen molar-refractivity contribution in [3.63, 3.8) is 0 Å². The molecule has 1 aromatic rings. The molecule has 2 fully saturated rings. The van der Waals surface area contributed by atoms with Crippen molar-refractivity contribution in [2.75, 3.05) is 0 Å². The van der Waals surface area contributed by atoms with Crippen LogP contribution in [0.1, 0.15) is 54.4 Å². The first kappa shape index (κ1) is 14.6. The van der Waals surface area contributed by atoms with E-state index in [1.165, 1.54) is 38.3 Å². The highest BCUT2D eigenvalue weighted by atomic mass is 19.2. The van der Waals surface area contributed by atoms with Crippen LogP contribution in [-0.2, 0) is 0 Å². The van der Waals surface area contributed by atoms with E-state index in [0.29, 0.717) is 12.0 Å². The van der Waals surface area contributed by atoms with Crippen LogP contribution >= 0.6 is 0 Å². The van der Waals surface area contributed by atoms with Gasteiger partial charge in [-0.15, -0.1) is 0 Å². The third-order valence-electron chi connectivity index (χ3n) is 5.01. The minimum atomic E-state index is -1.01. The van der Waals surface area contributed by atoms with Crippen molar-refractivity contribution in [3.05, 3.63) is 34.9 Å². The molecule has 0 amide bonds. The second-order valence-corrected chi connectivity index (χ2v) is 6.37. The molecule has 4 heteroatoms. The molecule has 2 aliphatic rings. The summed E-state index contributed by atoms with van der Waals surface area (Å²) in [6, 6.07) is 2.86. The van der Waals surface area contributed by atoms with Gasteiger partial charge in [0.25, 0.3) is 0 Å². The predicted molar refractivity (Wildman–Crippen MR) is 77.3 cm³/mol. The zero-order valence-electron chi connectivity index (χ0n) is 12.3. The van der Waals surface area contributed by atoms with Crippen molar-refractivity contribution in [1.82, 2.24) is 5.32 Å². The molecule has 3 unspecified atom stereocenters. The van der Waals surface area contributed by atoms with Gasteiger partial charge in [0, 0.05) is 6.04 Å². The van der Waals surface area contributed by atoms with Gasteiger partial charge in [-0.2, -0.15) is 0 Å². The normalized spacial score (nSPS) is 29.0. The third kappa shape index (κ3) is 2.73. The van der Waals surface area contributed by atoms with E-state index in [9.17, 15) is 13.6 Å². The van der Waals surface area contributed by atoms with E-state index in [2.05, 4.69) is 5.32 Å². The number of halogens is 2. The van der Waals surface area contributed by atoms with Crippen LogP contribution in [0.2, 0.25) is 0 Å². The summed E-state index contributed by atoms with van der Waals surface area (Å²) >= 11 is 0. The predicted octanol–water partition coefficient (Wildman–Crippen LogP) is 3.77. The quantitative estimate of drug-likeness (QED) is 0.841. The molecule has 114 valence electrons. The molecule has 3 rings (SSSR count). The number of hydrogen-bond donors (Lipinski definition) is 1. The van der Waals surface area contributed by atoms with Crippen LogP contribution < -0.4 is 5.32 Å². The molecule has 21 heavy (non-hydrogen) atoms. The molecule has 1 aromatic carbocycles. The average molecular weight is 293 g/mol. The molecule has 1 N–H and O–H groups in total. The molecule has 0 spiro atoms. The molecular formula is C17H21F2NO. The van der Waals surface area contributed by atoms with E-state index >= 15 is 0 Å². The maximum atomic E-state index is 14.0. The average Bonchev–Trinajstić information content (AvgIpc) is 2.52. The number of rotatable bonds is 2. The van der Waals surface area contributed by atoms with Gasteiger partial charge in [-0.25, -0.2) is 8.78 Å². The topological polar surface area (TPSA) is 29.1 Å². The van der Waals surface area contributed by atoms with Crippen molar-refractivity contribution < 1.29 is 13.6 Å². The van der Waals surface area contributed by atoms with Gasteiger partial charge in [0.15, 0.2) is 17.4 Å². The van der Waals surface area contributed by atoms with E-state index in [-0.39, 0.29) is 23.0 Å². The van der Waals surface area contributed by atoms with Crippen molar-refractivity contribution in [3.8, 4) is 0 Å². The second-order valence-electron chi connectivity index (χ2n) is 6.37. The second kappa shape index (κ2) is 5.84. The molecule has 2 nitrogen and oxygen atoms in total. The van der Waals surface area contributed by atoms with Crippen LogP contribution in [0.5, 0.6) is 0 Å². The molecule has 1 saturated carbocycles. The van der Waals surface area contributed by atoms with Crippen LogP contribution in [0.15, 0.2) is 12.1 Å². The standard InChI is InChI=1S/C17H21F2NO/c1-10-6-8-12(16(19)15(10)18)17(21)14-9-7-11-4-2-3-5-13(11)20-14/h6,8,11,13-14,20H,2-5,7,9H2,1H3. The number of ketones is 1. The van der Waals surface area contributed by atoms with Gasteiger partial charge in [0.05, 0.1) is 11.6 Å². The number of nitrogens with one attached hydrogen (secondary N) is 1. The molecule has 0 aromatic heterocycles. The highest BCUT2D eigenvalue weighted by Crippen LogP contribution is 2.33. The first-order valence-corrected chi connectivity index (χ1v) is 7.83. The fourth-order valence-corrected chi connectivity index (χ4v) is 3.73. The fourth-order valence-electron chi connectivity index (χ4n) is 3.73. The summed E-state index contributed by atoms with van der Waals surface area (Å²) < 4.78 is 27.6. The lowest BCUT2D eigenvalue weighted by Crippen LogP contribution is -2.52. The zero-order valence-corrected chi connectivity index (χ0v) is 12.3. The summed E-state index contributed by atoms with van der Waals surface area (Å²) in [4.78, 5) is 12.5. The van der Waals surface area contributed by atoms with Crippen LogP contribution in [-0.4, -0.2) is 17.9 Å². The Morgan fingerprint density at radius 2 is 1.86 bits per heavy atom. The summed E-state index contributed by atoms with van der Waals surface area (Å²) in [5, 5.41) is 3.38. The smallest absolute Gasteiger partial charge is 0.182 e. The van der Waals surface area contributed by atoms with E-state index in [0.717, 1.165) is 19.3 Å². The van der Waals surface area contributed by atoms with Crippen molar-refractivity contribution in [2.45, 2.75) is 57.5 Å². The first-order valence-electron chi connectivity index (χ1n) is 7.83. The van der Waals surface area contributed by atoms with E-state index < -0.39 is 11.6 Å². The highest BCUT2D eigenvalue weighted by molar-refractivity contribution is 6.00. The monoisotopic (exact) mass is 293 g/mol. The number of piperidine rings is 1. The van der Waals surface area contributed by atoms with Gasteiger partial charge in [-0.05, 0) is 50.2 Å². The third-order valence-corrected chi connectivity index (χ3v) is 5.01. The van der Waals surface area contributed by atoms with Crippen LogP contribution in [0, 0.1) is 24.5 Å². The Bertz CT molecular complexity index is 558. The Hall–Kier alpha value is -1.29. The molecule has 1 heterocycles. The van der Waals surface area contributed by atoms with E-state index in [1.54, 1.807) is 0 Å². The van der Waals surface area contributed by atoms with E-state index in [4.69, 9.17) is 0 Å². The number of fused-ring (bicyclic) bond motifs is 1. The number of aryl methyl sites for hydroxylation is 1. The maximum Gasteiger partial charge on any atom is 0.182 e. The molecule has 1 aliphatic heterocycles. The van der Waals surface area contributed by atoms with Gasteiger partial charge in [0.2, 0.25) is 0 Å². The van der Waals surface area contributed by atoms with Crippen molar-refractivity contribution >= 4 is 5.78 Å². The summed E-state index contributed by atoms with van der Waals surface area (Å²) in [5.74, 6) is -1.59. The summed E-state index contributed by atoms with van der Waals surface area (Å²) in [6.07, 6.45) is 6.46. The first-order chi connectivity index (χ1) is 10.1. The Morgan fingerprint density at radius 3 is 2.67 bits per heavy atom. The van der Waals surface area contributed by atoms with Crippen LogP contribution in [0.25, 0.3) is 0 Å². The van der Waals surface area contributed by atoms with E-state index in [1.807, 2.05) is 0 Å². The Morgan fingerprint density at radius 1 is 1.10 bits per heavy atom. The largest absolute Gasteiger partial charge is 0.304 e. The SMILES string of the molecule is Cc1ccc(C(=O)C2CCC3CCCCC3N2)c(F)c1F. The van der Waals surface area contributed by atoms with Gasteiger partial charge in [-0.3, -0.25) is 4.79 Å². The van der Waals surface area contributed by atoms with Gasteiger partial charge in [0.1, 0.15) is 0 Å². The zero-order chi connectivity index (χ0) is 15.0. The molecule has 3 atom stereocenters. The maximum absolute atomic E-state index is 14.0. The fraction of sp³-hybridized carbons (Fsp3) is 0.588. The molecular weight excluding hydrogens is 272 g/mol. The summed E-state index contributed by atoms with van der Waals surface area (Å²) in [5.41, 5.74) is 0.109. The number of benzene rings is 1. The molecule has 1 saturated heterocycles.